The molecule has 1 aromatic carbocycles. The van der Waals surface area contributed by atoms with Gasteiger partial charge in [0.05, 0.1) is 41.0 Å². The van der Waals surface area contributed by atoms with Gasteiger partial charge in [-0.2, -0.15) is 13.2 Å². The first-order valence-corrected chi connectivity index (χ1v) is 14.7. The number of aromatic nitrogens is 2. The number of nitrogens with one attached hydrogen (secondary N) is 1. The zero-order chi connectivity index (χ0) is 27.1. The molecule has 204 valence electrons. The second-order valence-electron chi connectivity index (χ2n) is 9.23. The minimum Gasteiger partial charge on any atom is -0.395 e. The van der Waals surface area contributed by atoms with E-state index < -0.39 is 21.6 Å². The van der Waals surface area contributed by atoms with Crippen LogP contribution in [0.4, 0.5) is 24.8 Å². The zero-order valence-corrected chi connectivity index (χ0v) is 22.3. The number of nitrogens with zero attached hydrogens (tertiary/aromatic N) is 3. The molecule has 0 aliphatic carbocycles. The van der Waals surface area contributed by atoms with Crippen molar-refractivity contribution in [1.82, 2.24) is 14.9 Å². The van der Waals surface area contributed by atoms with Crippen LogP contribution in [0.25, 0.3) is 10.6 Å². The van der Waals surface area contributed by atoms with Gasteiger partial charge in [-0.3, -0.25) is 4.90 Å². The molecule has 8 nitrogen and oxygen atoms in total. The zero-order valence-electron chi connectivity index (χ0n) is 20.6. The number of fused-ring (bicyclic) bond motifs is 2. The molecule has 0 fully saturated rings. The Bertz CT molecular complexity index is 1460. The minimum atomic E-state index is -4.73. The Morgan fingerprint density at radius 2 is 2.05 bits per heavy atom. The molecule has 2 N–H and O–H groups in total. The van der Waals surface area contributed by atoms with Gasteiger partial charge >= 0.3 is 6.18 Å². The van der Waals surface area contributed by atoms with Crippen molar-refractivity contribution in [2.24, 2.45) is 0 Å². The van der Waals surface area contributed by atoms with Gasteiger partial charge in [0.25, 0.3) is 0 Å². The number of β-amino-alcohol motifs (C(OH)–C–C–N with tert-alkyl or cyclic N) is 1. The number of halogens is 3. The number of alkyl halides is 3. The van der Waals surface area contributed by atoms with Gasteiger partial charge < -0.3 is 15.2 Å². The van der Waals surface area contributed by atoms with Crippen LogP contribution in [-0.2, 0) is 46.7 Å². The van der Waals surface area contributed by atoms with Crippen LogP contribution in [0.2, 0.25) is 0 Å². The highest BCUT2D eigenvalue weighted by molar-refractivity contribution is 7.91. The number of benzene rings is 1. The van der Waals surface area contributed by atoms with E-state index in [0.717, 1.165) is 53.7 Å². The van der Waals surface area contributed by atoms with E-state index in [1.54, 1.807) is 0 Å². The van der Waals surface area contributed by atoms with Crippen LogP contribution in [0.15, 0.2) is 29.3 Å². The Balaban J connectivity index is 1.53. The van der Waals surface area contributed by atoms with Crippen molar-refractivity contribution in [3.05, 3.63) is 51.5 Å². The first-order chi connectivity index (χ1) is 18.1. The average Bonchev–Trinajstić information content (AvgIpc) is 3.25. The smallest absolute Gasteiger partial charge is 0.395 e. The third kappa shape index (κ3) is 5.43. The van der Waals surface area contributed by atoms with Crippen LogP contribution < -0.4 is 5.32 Å². The SMILES string of the molecule is CCc1cc2c(cc1Nc1ncc(C(F)(F)F)c(-c3cc4c(s3)COCCS4(=O)=O)n1)CCN(CCO)C2. The molecule has 0 amide bonds. The van der Waals surface area contributed by atoms with E-state index in [0.29, 0.717) is 23.5 Å². The molecule has 2 aliphatic heterocycles. The van der Waals surface area contributed by atoms with Crippen molar-refractivity contribution in [3.63, 3.8) is 0 Å². The lowest BCUT2D eigenvalue weighted by molar-refractivity contribution is -0.137. The maximum absolute atomic E-state index is 13.9. The summed E-state index contributed by atoms with van der Waals surface area (Å²) in [5.41, 5.74) is 2.54. The number of anilines is 2. The Morgan fingerprint density at radius 3 is 2.79 bits per heavy atom. The van der Waals surface area contributed by atoms with E-state index in [9.17, 15) is 26.7 Å². The molecule has 5 rings (SSSR count). The Kier molecular flexibility index (Phi) is 7.48. The second kappa shape index (κ2) is 10.5. The number of aliphatic hydroxyl groups is 1. The Labute approximate surface area is 222 Å². The summed E-state index contributed by atoms with van der Waals surface area (Å²) in [6, 6.07) is 5.33. The van der Waals surface area contributed by atoms with Gasteiger partial charge in [0.15, 0.2) is 9.84 Å². The fourth-order valence-corrected chi connectivity index (χ4v) is 7.59. The van der Waals surface area contributed by atoms with Crippen molar-refractivity contribution in [2.75, 3.05) is 37.4 Å². The van der Waals surface area contributed by atoms with Crippen molar-refractivity contribution in [3.8, 4) is 10.6 Å². The predicted molar refractivity (Wildman–Crippen MR) is 137 cm³/mol. The lowest BCUT2D eigenvalue weighted by atomic mass is 9.95. The third-order valence-corrected chi connectivity index (χ3v) is 9.71. The normalized spacial score (nSPS) is 17.5. The minimum absolute atomic E-state index is 0.00514. The average molecular weight is 569 g/mol. The van der Waals surface area contributed by atoms with Crippen molar-refractivity contribution < 1.29 is 31.4 Å². The summed E-state index contributed by atoms with van der Waals surface area (Å²) in [4.78, 5) is 10.8. The second-order valence-corrected chi connectivity index (χ2v) is 12.4. The van der Waals surface area contributed by atoms with Crippen LogP contribution >= 0.6 is 11.3 Å². The molecule has 2 aromatic heterocycles. The topological polar surface area (TPSA) is 105 Å². The molecule has 4 heterocycles. The molecule has 0 saturated heterocycles. The highest BCUT2D eigenvalue weighted by Gasteiger charge is 2.37. The van der Waals surface area contributed by atoms with Gasteiger partial charge in [-0.1, -0.05) is 13.0 Å². The van der Waals surface area contributed by atoms with E-state index in [2.05, 4.69) is 26.3 Å². The standard InChI is InChI=1S/C25H27F3N4O4S2/c1-2-15-9-17-13-32(5-6-33)4-3-16(17)10-19(15)30-24-29-12-18(25(26,27)28)23(31-24)20-11-22-21(37-20)14-36-7-8-38(22,34)35/h9-12,33H,2-8,13-14H2,1H3,(H,29,30,31). The van der Waals surface area contributed by atoms with Gasteiger partial charge in [0, 0.05) is 36.4 Å². The number of hydrogen-bond acceptors (Lipinski definition) is 9. The number of thiophene rings is 1. The highest BCUT2D eigenvalue weighted by Crippen LogP contribution is 2.42. The highest BCUT2D eigenvalue weighted by atomic mass is 32.2. The van der Waals surface area contributed by atoms with Gasteiger partial charge in [-0.25, -0.2) is 18.4 Å². The van der Waals surface area contributed by atoms with Crippen LogP contribution in [0, 0.1) is 0 Å². The fraction of sp³-hybridized carbons (Fsp3) is 0.440. The molecular weight excluding hydrogens is 541 g/mol. The third-order valence-electron chi connectivity index (χ3n) is 6.72. The predicted octanol–water partition coefficient (Wildman–Crippen LogP) is 4.18. The number of ether oxygens (including phenoxy) is 1. The molecule has 0 atom stereocenters. The Morgan fingerprint density at radius 1 is 1.24 bits per heavy atom. The molecule has 0 radical (unpaired) electrons. The number of sulfone groups is 1. The molecule has 0 saturated carbocycles. The summed E-state index contributed by atoms with van der Waals surface area (Å²) < 4.78 is 72.4. The van der Waals surface area contributed by atoms with E-state index in [4.69, 9.17) is 4.74 Å². The van der Waals surface area contributed by atoms with Gasteiger partial charge in [-0.15, -0.1) is 11.3 Å². The summed E-state index contributed by atoms with van der Waals surface area (Å²) in [6.07, 6.45) is -2.54. The van der Waals surface area contributed by atoms with Crippen LogP contribution in [-0.4, -0.2) is 60.4 Å². The summed E-state index contributed by atoms with van der Waals surface area (Å²) in [6.45, 7) is 4.25. The molecule has 2 aliphatic rings. The van der Waals surface area contributed by atoms with Gasteiger partial charge in [0.2, 0.25) is 5.95 Å². The summed E-state index contributed by atoms with van der Waals surface area (Å²) in [7, 11) is -3.67. The fourth-order valence-electron chi connectivity index (χ4n) is 4.75. The molecular formula is C25H27F3N4O4S2. The summed E-state index contributed by atoms with van der Waals surface area (Å²) >= 11 is 0.935. The van der Waals surface area contributed by atoms with E-state index >= 15 is 0 Å². The molecule has 13 heteroatoms. The van der Waals surface area contributed by atoms with Crippen molar-refractivity contribution in [1.29, 1.82) is 0 Å². The first kappa shape index (κ1) is 27.0. The monoisotopic (exact) mass is 568 g/mol. The van der Waals surface area contributed by atoms with Gasteiger partial charge in [0.1, 0.15) is 5.56 Å². The maximum atomic E-state index is 13.9. The quantitative estimate of drug-likeness (QED) is 0.457. The number of rotatable bonds is 6. The van der Waals surface area contributed by atoms with E-state index in [-0.39, 0.29) is 47.0 Å². The largest absolute Gasteiger partial charge is 0.420 e. The van der Waals surface area contributed by atoms with Crippen LogP contribution in [0.5, 0.6) is 0 Å². The number of aliphatic hydroxyl groups excluding tert-OH is 1. The lowest BCUT2D eigenvalue weighted by Gasteiger charge is -2.29. The number of hydrogen-bond donors (Lipinski definition) is 2. The summed E-state index contributed by atoms with van der Waals surface area (Å²) in [5.74, 6) is -0.238. The molecule has 3 aromatic rings. The van der Waals surface area contributed by atoms with E-state index in [1.807, 2.05) is 13.0 Å². The molecule has 38 heavy (non-hydrogen) atoms. The maximum Gasteiger partial charge on any atom is 0.420 e. The summed E-state index contributed by atoms with van der Waals surface area (Å²) in [5, 5.41) is 12.4. The van der Waals surface area contributed by atoms with Gasteiger partial charge in [-0.05, 0) is 41.7 Å². The first-order valence-electron chi connectivity index (χ1n) is 12.2. The number of aryl methyl sites for hydroxylation is 1. The van der Waals surface area contributed by atoms with Crippen molar-refractivity contribution in [2.45, 2.75) is 44.0 Å². The lowest BCUT2D eigenvalue weighted by Crippen LogP contribution is -2.32. The molecule has 0 unspecified atom stereocenters. The van der Waals surface area contributed by atoms with Crippen LogP contribution in [0.1, 0.15) is 34.1 Å². The van der Waals surface area contributed by atoms with E-state index in [1.165, 1.54) is 6.07 Å². The van der Waals surface area contributed by atoms with Crippen molar-refractivity contribution >= 4 is 32.8 Å². The molecule has 0 spiro atoms. The van der Waals surface area contributed by atoms with Crippen LogP contribution in [0.3, 0.4) is 0 Å². The Hall–Kier alpha value is -2.58. The molecule has 0 bridgehead atoms.